The van der Waals surface area contributed by atoms with Crippen LogP contribution >= 0.6 is 0 Å². The standard InChI is InChI=1S/C16H26N2O2S/c1-13(2)11-18(12-15-7-5-9-17-15)21(19,20)16-8-4-6-14(3)10-16/h4,6,8,10,13,15,17H,5,7,9,11-12H2,1-3H3. The largest absolute Gasteiger partial charge is 0.313 e. The summed E-state index contributed by atoms with van der Waals surface area (Å²) in [6, 6.07) is 7.46. The lowest BCUT2D eigenvalue weighted by Crippen LogP contribution is -2.42. The van der Waals surface area contributed by atoms with Crippen LogP contribution in [-0.2, 0) is 10.0 Å². The molecule has 1 N–H and O–H groups in total. The molecule has 1 atom stereocenters. The average molecular weight is 310 g/mol. The molecule has 0 aliphatic carbocycles. The number of benzene rings is 1. The number of sulfonamides is 1. The molecule has 1 saturated heterocycles. The van der Waals surface area contributed by atoms with Crippen molar-refractivity contribution in [3.8, 4) is 0 Å². The van der Waals surface area contributed by atoms with Crippen LogP contribution in [0.3, 0.4) is 0 Å². The fourth-order valence-electron chi connectivity index (χ4n) is 2.76. The van der Waals surface area contributed by atoms with Crippen molar-refractivity contribution in [1.29, 1.82) is 0 Å². The molecule has 0 saturated carbocycles. The molecule has 0 bridgehead atoms. The van der Waals surface area contributed by atoms with Gasteiger partial charge in [0.1, 0.15) is 0 Å². The molecule has 1 aromatic carbocycles. The van der Waals surface area contributed by atoms with Crippen molar-refractivity contribution in [3.63, 3.8) is 0 Å². The van der Waals surface area contributed by atoms with E-state index in [0.29, 0.717) is 23.9 Å². The van der Waals surface area contributed by atoms with Gasteiger partial charge in [-0.1, -0.05) is 26.0 Å². The summed E-state index contributed by atoms with van der Waals surface area (Å²) in [6.45, 7) is 8.15. The molecule has 0 aromatic heterocycles. The van der Waals surface area contributed by atoms with Crippen molar-refractivity contribution in [3.05, 3.63) is 29.8 Å². The van der Waals surface area contributed by atoms with Crippen molar-refractivity contribution in [2.45, 2.75) is 44.6 Å². The second-order valence-electron chi connectivity index (χ2n) is 6.33. The molecule has 2 rings (SSSR count). The Hall–Kier alpha value is -0.910. The summed E-state index contributed by atoms with van der Waals surface area (Å²) >= 11 is 0. The summed E-state index contributed by atoms with van der Waals surface area (Å²) < 4.78 is 27.5. The molecule has 1 unspecified atom stereocenters. The normalized spacial score (nSPS) is 19.6. The van der Waals surface area contributed by atoms with Crippen molar-refractivity contribution in [2.75, 3.05) is 19.6 Å². The first kappa shape index (κ1) is 16.5. The Balaban J connectivity index is 2.24. The number of rotatable bonds is 6. The number of nitrogens with one attached hydrogen (secondary N) is 1. The van der Waals surface area contributed by atoms with E-state index < -0.39 is 10.0 Å². The highest BCUT2D eigenvalue weighted by atomic mass is 32.2. The van der Waals surface area contributed by atoms with Gasteiger partial charge in [-0.2, -0.15) is 4.31 Å². The number of hydrogen-bond acceptors (Lipinski definition) is 3. The van der Waals surface area contributed by atoms with Gasteiger partial charge in [-0.3, -0.25) is 0 Å². The maximum atomic E-state index is 12.9. The molecule has 0 amide bonds. The van der Waals surface area contributed by atoms with Crippen LogP contribution < -0.4 is 5.32 Å². The Bertz CT molecular complexity index is 563. The van der Waals surface area contributed by atoms with E-state index in [2.05, 4.69) is 19.2 Å². The van der Waals surface area contributed by atoms with Crippen LogP contribution in [0.1, 0.15) is 32.3 Å². The first-order chi connectivity index (χ1) is 9.89. The smallest absolute Gasteiger partial charge is 0.243 e. The number of hydrogen-bond donors (Lipinski definition) is 1. The van der Waals surface area contributed by atoms with E-state index in [9.17, 15) is 8.42 Å². The second-order valence-corrected chi connectivity index (χ2v) is 8.26. The van der Waals surface area contributed by atoms with Crippen LogP contribution in [0.4, 0.5) is 0 Å². The highest BCUT2D eigenvalue weighted by molar-refractivity contribution is 7.89. The third kappa shape index (κ3) is 4.28. The van der Waals surface area contributed by atoms with Crippen LogP contribution in [0.15, 0.2) is 29.2 Å². The maximum Gasteiger partial charge on any atom is 0.243 e. The zero-order valence-corrected chi connectivity index (χ0v) is 14.0. The van der Waals surface area contributed by atoms with Gasteiger partial charge in [0.2, 0.25) is 10.0 Å². The van der Waals surface area contributed by atoms with E-state index in [-0.39, 0.29) is 6.04 Å². The number of aryl methyl sites for hydroxylation is 1. The molecule has 1 fully saturated rings. The lowest BCUT2D eigenvalue weighted by molar-refractivity contribution is 0.336. The fourth-order valence-corrected chi connectivity index (χ4v) is 4.52. The van der Waals surface area contributed by atoms with Gasteiger partial charge in [-0.15, -0.1) is 0 Å². The molecule has 1 aromatic rings. The molecule has 0 spiro atoms. The second kappa shape index (κ2) is 6.90. The summed E-state index contributed by atoms with van der Waals surface area (Å²) in [5.74, 6) is 0.311. The van der Waals surface area contributed by atoms with Crippen LogP contribution in [0.25, 0.3) is 0 Å². The highest BCUT2D eigenvalue weighted by Gasteiger charge is 2.28. The highest BCUT2D eigenvalue weighted by Crippen LogP contribution is 2.20. The van der Waals surface area contributed by atoms with Gasteiger partial charge in [-0.25, -0.2) is 8.42 Å². The van der Waals surface area contributed by atoms with Gasteiger partial charge in [0.15, 0.2) is 0 Å². The lowest BCUT2D eigenvalue weighted by Gasteiger charge is -2.27. The van der Waals surface area contributed by atoms with Crippen LogP contribution in [0.5, 0.6) is 0 Å². The Kier molecular flexibility index (Phi) is 5.41. The topological polar surface area (TPSA) is 49.4 Å². The summed E-state index contributed by atoms with van der Waals surface area (Å²) in [4.78, 5) is 0.404. The molecule has 21 heavy (non-hydrogen) atoms. The fraction of sp³-hybridized carbons (Fsp3) is 0.625. The molecule has 1 aliphatic heterocycles. The summed E-state index contributed by atoms with van der Waals surface area (Å²) in [5.41, 5.74) is 0.972. The molecule has 4 nitrogen and oxygen atoms in total. The Morgan fingerprint density at radius 2 is 2.14 bits per heavy atom. The van der Waals surface area contributed by atoms with Crippen molar-refractivity contribution >= 4 is 10.0 Å². The minimum Gasteiger partial charge on any atom is -0.313 e. The minimum absolute atomic E-state index is 0.281. The molecular weight excluding hydrogens is 284 g/mol. The van der Waals surface area contributed by atoms with Gasteiger partial charge < -0.3 is 5.32 Å². The van der Waals surface area contributed by atoms with Crippen molar-refractivity contribution in [2.24, 2.45) is 5.92 Å². The molecule has 118 valence electrons. The molecular formula is C16H26N2O2S. The lowest BCUT2D eigenvalue weighted by atomic mass is 10.2. The number of nitrogens with zero attached hydrogens (tertiary/aromatic N) is 1. The summed E-state index contributed by atoms with van der Waals surface area (Å²) in [6.07, 6.45) is 2.18. The Labute approximate surface area is 128 Å². The average Bonchev–Trinajstić information content (AvgIpc) is 2.90. The Morgan fingerprint density at radius 1 is 1.38 bits per heavy atom. The maximum absolute atomic E-state index is 12.9. The zero-order valence-electron chi connectivity index (χ0n) is 13.2. The van der Waals surface area contributed by atoms with Gasteiger partial charge in [0.05, 0.1) is 4.90 Å². The SMILES string of the molecule is Cc1cccc(S(=O)(=O)N(CC(C)C)CC2CCCN2)c1. The summed E-state index contributed by atoms with van der Waals surface area (Å²) in [7, 11) is -3.41. The van der Waals surface area contributed by atoms with Gasteiger partial charge in [-0.05, 0) is 49.9 Å². The third-order valence-corrected chi connectivity index (χ3v) is 5.61. The monoisotopic (exact) mass is 310 g/mol. The molecule has 5 heteroatoms. The first-order valence-electron chi connectivity index (χ1n) is 7.70. The molecule has 1 aliphatic rings. The van der Waals surface area contributed by atoms with E-state index in [1.54, 1.807) is 16.4 Å². The van der Waals surface area contributed by atoms with E-state index in [4.69, 9.17) is 0 Å². The van der Waals surface area contributed by atoms with Gasteiger partial charge in [0, 0.05) is 19.1 Å². The quantitative estimate of drug-likeness (QED) is 0.878. The van der Waals surface area contributed by atoms with E-state index in [0.717, 1.165) is 24.9 Å². The van der Waals surface area contributed by atoms with Crippen molar-refractivity contribution < 1.29 is 8.42 Å². The van der Waals surface area contributed by atoms with Gasteiger partial charge in [0.25, 0.3) is 0 Å². The third-order valence-electron chi connectivity index (χ3n) is 3.78. The van der Waals surface area contributed by atoms with Crippen LogP contribution in [-0.4, -0.2) is 38.4 Å². The predicted molar refractivity (Wildman–Crippen MR) is 85.8 cm³/mol. The van der Waals surface area contributed by atoms with E-state index in [1.807, 2.05) is 19.1 Å². The zero-order chi connectivity index (χ0) is 15.5. The van der Waals surface area contributed by atoms with E-state index in [1.165, 1.54) is 0 Å². The first-order valence-corrected chi connectivity index (χ1v) is 9.14. The Morgan fingerprint density at radius 3 is 2.71 bits per heavy atom. The van der Waals surface area contributed by atoms with E-state index >= 15 is 0 Å². The molecule has 0 radical (unpaired) electrons. The molecule has 1 heterocycles. The van der Waals surface area contributed by atoms with Crippen LogP contribution in [0.2, 0.25) is 0 Å². The summed E-state index contributed by atoms with van der Waals surface area (Å²) in [5, 5.41) is 3.39. The van der Waals surface area contributed by atoms with Gasteiger partial charge >= 0.3 is 0 Å². The predicted octanol–water partition coefficient (Wildman–Crippen LogP) is 2.39. The van der Waals surface area contributed by atoms with Crippen LogP contribution in [0, 0.1) is 12.8 Å². The van der Waals surface area contributed by atoms with Crippen molar-refractivity contribution in [1.82, 2.24) is 9.62 Å². The minimum atomic E-state index is -3.41.